The Kier molecular flexibility index (Phi) is 4.80. The number of nitrogens with one attached hydrogen (secondary N) is 1. The predicted molar refractivity (Wildman–Crippen MR) is 107 cm³/mol. The highest BCUT2D eigenvalue weighted by molar-refractivity contribution is 5.93. The standard InChI is InChI=1S/C22H32N2O/c1-21(2,3)17-14-19(22(4,5)6)24-20-16(17)8-7-9-18(20)23-15-10-12-25-13-11-15/h7-9,14-15,23H,10-13H2,1-6H3. The third-order valence-electron chi connectivity index (χ3n) is 5.00. The zero-order valence-electron chi connectivity index (χ0n) is 16.6. The SMILES string of the molecule is CC(C)(C)c1cc(C(C)(C)C)c2cccc(NC3CCOCC3)c2n1. The number of benzene rings is 1. The molecule has 2 aromatic rings. The van der Waals surface area contributed by atoms with Gasteiger partial charge in [0.05, 0.1) is 11.2 Å². The Morgan fingerprint density at radius 3 is 2.28 bits per heavy atom. The van der Waals surface area contributed by atoms with Crippen LogP contribution in [0, 0.1) is 0 Å². The fourth-order valence-corrected chi connectivity index (χ4v) is 3.43. The van der Waals surface area contributed by atoms with E-state index in [-0.39, 0.29) is 10.8 Å². The quantitative estimate of drug-likeness (QED) is 0.792. The normalized spacial score (nSPS) is 17.0. The lowest BCUT2D eigenvalue weighted by Crippen LogP contribution is -2.28. The van der Waals surface area contributed by atoms with Crippen molar-refractivity contribution in [3.63, 3.8) is 0 Å². The van der Waals surface area contributed by atoms with Crippen molar-refractivity contribution < 1.29 is 4.74 Å². The van der Waals surface area contributed by atoms with E-state index in [2.05, 4.69) is 71.1 Å². The molecule has 0 unspecified atom stereocenters. The second-order valence-electron chi connectivity index (χ2n) is 9.29. The first-order valence-corrected chi connectivity index (χ1v) is 9.45. The van der Waals surface area contributed by atoms with Crippen molar-refractivity contribution in [1.29, 1.82) is 0 Å². The van der Waals surface area contributed by atoms with Crippen molar-refractivity contribution in [1.82, 2.24) is 4.98 Å². The molecule has 3 heteroatoms. The molecule has 0 saturated carbocycles. The number of pyridine rings is 1. The first-order valence-electron chi connectivity index (χ1n) is 9.45. The molecule has 3 nitrogen and oxygen atoms in total. The summed E-state index contributed by atoms with van der Waals surface area (Å²) in [6.07, 6.45) is 2.11. The molecule has 2 heterocycles. The van der Waals surface area contributed by atoms with Gasteiger partial charge in [-0.1, -0.05) is 53.7 Å². The van der Waals surface area contributed by atoms with Crippen molar-refractivity contribution in [2.24, 2.45) is 0 Å². The minimum Gasteiger partial charge on any atom is -0.381 e. The summed E-state index contributed by atoms with van der Waals surface area (Å²) >= 11 is 0. The van der Waals surface area contributed by atoms with Gasteiger partial charge in [0.1, 0.15) is 0 Å². The third-order valence-corrected chi connectivity index (χ3v) is 5.00. The molecular formula is C22H32N2O. The summed E-state index contributed by atoms with van der Waals surface area (Å²) in [5.74, 6) is 0. The van der Waals surface area contributed by atoms with E-state index in [0.29, 0.717) is 6.04 Å². The fourth-order valence-electron chi connectivity index (χ4n) is 3.43. The molecule has 1 aliphatic rings. The number of para-hydroxylation sites is 1. The molecule has 0 radical (unpaired) electrons. The van der Waals surface area contributed by atoms with Crippen LogP contribution in [0.15, 0.2) is 24.3 Å². The number of aromatic nitrogens is 1. The van der Waals surface area contributed by atoms with E-state index >= 15 is 0 Å². The van der Waals surface area contributed by atoms with Crippen molar-refractivity contribution in [2.75, 3.05) is 18.5 Å². The molecule has 1 fully saturated rings. The van der Waals surface area contributed by atoms with E-state index in [1.807, 2.05) is 0 Å². The third kappa shape index (κ3) is 3.98. The topological polar surface area (TPSA) is 34.1 Å². The summed E-state index contributed by atoms with van der Waals surface area (Å²) < 4.78 is 5.50. The lowest BCUT2D eigenvalue weighted by molar-refractivity contribution is 0.0905. The molecular weight excluding hydrogens is 308 g/mol. The Hall–Kier alpha value is -1.61. The Labute approximate surface area is 152 Å². The predicted octanol–water partition coefficient (Wildman–Crippen LogP) is 5.42. The molecule has 0 amide bonds. The number of fused-ring (bicyclic) bond motifs is 1. The summed E-state index contributed by atoms with van der Waals surface area (Å²) in [6.45, 7) is 15.3. The maximum absolute atomic E-state index is 5.50. The molecule has 1 aromatic heterocycles. The highest BCUT2D eigenvalue weighted by Gasteiger charge is 2.24. The summed E-state index contributed by atoms with van der Waals surface area (Å²) in [7, 11) is 0. The lowest BCUT2D eigenvalue weighted by atomic mass is 9.81. The monoisotopic (exact) mass is 340 g/mol. The van der Waals surface area contributed by atoms with Gasteiger partial charge in [-0.05, 0) is 36.0 Å². The van der Waals surface area contributed by atoms with Crippen LogP contribution in [-0.4, -0.2) is 24.2 Å². The average molecular weight is 341 g/mol. The van der Waals surface area contributed by atoms with Crippen LogP contribution in [0.3, 0.4) is 0 Å². The number of ether oxygens (including phenoxy) is 1. The Balaban J connectivity index is 2.15. The minimum absolute atomic E-state index is 0.0278. The lowest BCUT2D eigenvalue weighted by Gasteiger charge is -2.28. The molecule has 0 atom stereocenters. The molecule has 1 saturated heterocycles. The number of anilines is 1. The van der Waals surface area contributed by atoms with Crippen LogP contribution >= 0.6 is 0 Å². The molecule has 25 heavy (non-hydrogen) atoms. The van der Waals surface area contributed by atoms with E-state index in [4.69, 9.17) is 9.72 Å². The van der Waals surface area contributed by atoms with Crippen LogP contribution in [0.2, 0.25) is 0 Å². The van der Waals surface area contributed by atoms with Crippen LogP contribution < -0.4 is 5.32 Å². The number of nitrogens with zero attached hydrogens (tertiary/aromatic N) is 1. The zero-order chi connectivity index (χ0) is 18.2. The molecule has 0 aliphatic carbocycles. The molecule has 0 bridgehead atoms. The van der Waals surface area contributed by atoms with Gasteiger partial charge < -0.3 is 10.1 Å². The number of hydrogen-bond donors (Lipinski definition) is 1. The Morgan fingerprint density at radius 2 is 1.68 bits per heavy atom. The molecule has 0 spiro atoms. The van der Waals surface area contributed by atoms with Gasteiger partial charge in [-0.2, -0.15) is 0 Å². The van der Waals surface area contributed by atoms with Gasteiger partial charge in [0.2, 0.25) is 0 Å². The largest absolute Gasteiger partial charge is 0.381 e. The van der Waals surface area contributed by atoms with E-state index in [1.54, 1.807) is 0 Å². The zero-order valence-corrected chi connectivity index (χ0v) is 16.6. The smallest absolute Gasteiger partial charge is 0.0939 e. The maximum atomic E-state index is 5.50. The summed E-state index contributed by atoms with van der Waals surface area (Å²) in [4.78, 5) is 5.09. The Bertz CT molecular complexity index is 747. The first kappa shape index (κ1) is 18.2. The Morgan fingerprint density at radius 1 is 1.00 bits per heavy atom. The molecule has 1 aliphatic heterocycles. The average Bonchev–Trinajstić information content (AvgIpc) is 2.53. The van der Waals surface area contributed by atoms with E-state index < -0.39 is 0 Å². The maximum Gasteiger partial charge on any atom is 0.0939 e. The van der Waals surface area contributed by atoms with Crippen molar-refractivity contribution in [3.8, 4) is 0 Å². The van der Waals surface area contributed by atoms with Crippen molar-refractivity contribution >= 4 is 16.6 Å². The van der Waals surface area contributed by atoms with Gasteiger partial charge in [-0.3, -0.25) is 4.98 Å². The van der Waals surface area contributed by atoms with Gasteiger partial charge in [0.15, 0.2) is 0 Å². The summed E-state index contributed by atoms with van der Waals surface area (Å²) in [5, 5.41) is 5.00. The van der Waals surface area contributed by atoms with E-state index in [9.17, 15) is 0 Å². The van der Waals surface area contributed by atoms with Gasteiger partial charge in [-0.15, -0.1) is 0 Å². The molecule has 3 rings (SSSR count). The fraction of sp³-hybridized carbons (Fsp3) is 0.591. The first-order chi connectivity index (χ1) is 11.7. The second-order valence-corrected chi connectivity index (χ2v) is 9.29. The van der Waals surface area contributed by atoms with Gasteiger partial charge in [-0.25, -0.2) is 0 Å². The summed E-state index contributed by atoms with van der Waals surface area (Å²) in [5.41, 5.74) is 4.90. The van der Waals surface area contributed by atoms with Crippen LogP contribution in [-0.2, 0) is 15.6 Å². The van der Waals surface area contributed by atoms with Gasteiger partial charge in [0.25, 0.3) is 0 Å². The van der Waals surface area contributed by atoms with Gasteiger partial charge in [0, 0.05) is 35.8 Å². The molecule has 136 valence electrons. The van der Waals surface area contributed by atoms with E-state index in [0.717, 1.165) is 43.0 Å². The highest BCUT2D eigenvalue weighted by Crippen LogP contribution is 2.36. The van der Waals surface area contributed by atoms with Crippen LogP contribution in [0.1, 0.15) is 65.6 Å². The van der Waals surface area contributed by atoms with E-state index in [1.165, 1.54) is 10.9 Å². The van der Waals surface area contributed by atoms with Crippen molar-refractivity contribution in [3.05, 3.63) is 35.5 Å². The van der Waals surface area contributed by atoms with Gasteiger partial charge >= 0.3 is 0 Å². The highest BCUT2D eigenvalue weighted by atomic mass is 16.5. The van der Waals surface area contributed by atoms with Crippen LogP contribution in [0.25, 0.3) is 10.9 Å². The molecule has 1 aromatic carbocycles. The van der Waals surface area contributed by atoms with Crippen molar-refractivity contribution in [2.45, 2.75) is 71.3 Å². The molecule has 1 N–H and O–H groups in total. The summed E-state index contributed by atoms with van der Waals surface area (Å²) in [6, 6.07) is 9.31. The van der Waals surface area contributed by atoms with Crippen LogP contribution in [0.5, 0.6) is 0 Å². The second kappa shape index (κ2) is 6.60. The number of rotatable bonds is 2. The minimum atomic E-state index is 0.0278. The number of hydrogen-bond acceptors (Lipinski definition) is 3. The van der Waals surface area contributed by atoms with Crippen LogP contribution in [0.4, 0.5) is 5.69 Å².